The molecule has 2 amide bonds. The molecule has 0 bridgehead atoms. The quantitative estimate of drug-likeness (QED) is 0.247. The van der Waals surface area contributed by atoms with Gasteiger partial charge < -0.3 is 15.0 Å². The summed E-state index contributed by atoms with van der Waals surface area (Å²) in [4.78, 5) is 28.9. The van der Waals surface area contributed by atoms with Crippen LogP contribution >= 0.6 is 11.6 Å². The van der Waals surface area contributed by atoms with E-state index in [1.807, 2.05) is 30.3 Å². The highest BCUT2D eigenvalue weighted by Crippen LogP contribution is 2.27. The molecule has 0 aliphatic carbocycles. The molecule has 0 spiro atoms. The van der Waals surface area contributed by atoms with Crippen molar-refractivity contribution in [3.05, 3.63) is 125 Å². The number of nitrogens with zero attached hydrogens (tertiary/aromatic N) is 2. The van der Waals surface area contributed by atoms with Crippen molar-refractivity contribution >= 4 is 39.1 Å². The summed E-state index contributed by atoms with van der Waals surface area (Å²) in [5, 5.41) is 3.09. The molecule has 1 atom stereocenters. The molecule has 8 nitrogen and oxygen atoms in total. The van der Waals surface area contributed by atoms with Crippen LogP contribution in [0, 0.1) is 0 Å². The highest BCUT2D eigenvalue weighted by molar-refractivity contribution is 7.92. The van der Waals surface area contributed by atoms with E-state index in [4.69, 9.17) is 16.3 Å². The second kappa shape index (κ2) is 14.0. The maximum Gasteiger partial charge on any atom is 0.264 e. The van der Waals surface area contributed by atoms with Crippen LogP contribution in [0.25, 0.3) is 0 Å². The van der Waals surface area contributed by atoms with Crippen LogP contribution in [-0.4, -0.2) is 51.9 Å². The third-order valence-electron chi connectivity index (χ3n) is 6.79. The Morgan fingerprint density at radius 1 is 0.857 bits per heavy atom. The van der Waals surface area contributed by atoms with Gasteiger partial charge in [-0.3, -0.25) is 13.9 Å². The van der Waals surface area contributed by atoms with Gasteiger partial charge in [-0.05, 0) is 53.6 Å². The maximum atomic E-state index is 14.2. The molecular weight excluding hydrogens is 574 g/mol. The first kappa shape index (κ1) is 30.6. The summed E-state index contributed by atoms with van der Waals surface area (Å²) < 4.78 is 34.2. The van der Waals surface area contributed by atoms with Crippen molar-refractivity contribution in [1.29, 1.82) is 0 Å². The first-order valence-electron chi connectivity index (χ1n) is 13.2. The van der Waals surface area contributed by atoms with Gasteiger partial charge in [0.25, 0.3) is 10.0 Å². The Morgan fingerprint density at radius 3 is 2.05 bits per heavy atom. The third-order valence-corrected chi connectivity index (χ3v) is 8.94. The highest BCUT2D eigenvalue weighted by Gasteiger charge is 2.34. The number of methoxy groups -OCH3 is 1. The average Bonchev–Trinajstić information content (AvgIpc) is 3.02. The number of ether oxygens (including phenoxy) is 1. The molecule has 10 heteroatoms. The molecule has 0 aromatic heterocycles. The number of hydrogen-bond acceptors (Lipinski definition) is 5. The number of benzene rings is 4. The minimum Gasteiger partial charge on any atom is -0.497 e. The molecule has 4 rings (SSSR count). The summed E-state index contributed by atoms with van der Waals surface area (Å²) >= 11 is 6.48. The van der Waals surface area contributed by atoms with Gasteiger partial charge in [-0.15, -0.1) is 0 Å². The first-order valence-corrected chi connectivity index (χ1v) is 15.1. The van der Waals surface area contributed by atoms with E-state index < -0.39 is 28.5 Å². The summed E-state index contributed by atoms with van der Waals surface area (Å²) in [5.41, 5.74) is 1.77. The number of rotatable bonds is 12. The van der Waals surface area contributed by atoms with E-state index >= 15 is 0 Å². The molecule has 1 N–H and O–H groups in total. The number of amides is 2. The fraction of sp³-hybridized carbons (Fsp3) is 0.188. The van der Waals surface area contributed by atoms with Gasteiger partial charge in [-0.25, -0.2) is 8.42 Å². The van der Waals surface area contributed by atoms with E-state index in [-0.39, 0.29) is 23.8 Å². The van der Waals surface area contributed by atoms with Gasteiger partial charge in [0, 0.05) is 25.0 Å². The summed E-state index contributed by atoms with van der Waals surface area (Å²) in [6.45, 7) is -0.556. The first-order chi connectivity index (χ1) is 20.2. The Hall–Kier alpha value is -4.34. The number of anilines is 1. The SMILES string of the molecule is CNC(=O)C(Cc1ccccc1)N(Cc1ccccc1Cl)C(=O)CN(c1ccccc1)S(=O)(=O)c1ccc(OC)cc1. The molecule has 0 aliphatic rings. The predicted molar refractivity (Wildman–Crippen MR) is 164 cm³/mol. The Bertz CT molecular complexity index is 1600. The number of para-hydroxylation sites is 1. The van der Waals surface area contributed by atoms with Gasteiger partial charge in [-0.2, -0.15) is 0 Å². The van der Waals surface area contributed by atoms with Gasteiger partial charge >= 0.3 is 0 Å². The van der Waals surface area contributed by atoms with E-state index in [2.05, 4.69) is 5.32 Å². The Labute approximate surface area is 251 Å². The fourth-order valence-electron chi connectivity index (χ4n) is 4.53. The van der Waals surface area contributed by atoms with Crippen LogP contribution < -0.4 is 14.4 Å². The van der Waals surface area contributed by atoms with Gasteiger partial charge in [0.2, 0.25) is 11.8 Å². The number of carbonyl (C=O) groups is 2. The molecule has 4 aromatic rings. The van der Waals surface area contributed by atoms with E-state index in [1.54, 1.807) is 66.7 Å². The van der Waals surface area contributed by atoms with Crippen LogP contribution in [0.2, 0.25) is 5.02 Å². The zero-order valence-corrected chi connectivity index (χ0v) is 24.9. The van der Waals surface area contributed by atoms with Crippen LogP contribution in [0.5, 0.6) is 5.75 Å². The molecule has 42 heavy (non-hydrogen) atoms. The van der Waals surface area contributed by atoms with Gasteiger partial charge in [0.15, 0.2) is 0 Å². The van der Waals surface area contributed by atoms with Crippen LogP contribution in [0.3, 0.4) is 0 Å². The molecular formula is C32H32ClN3O5S. The van der Waals surface area contributed by atoms with Gasteiger partial charge in [-0.1, -0.05) is 78.3 Å². The Morgan fingerprint density at radius 2 is 1.45 bits per heavy atom. The molecule has 0 radical (unpaired) electrons. The zero-order chi connectivity index (χ0) is 30.1. The second-order valence-corrected chi connectivity index (χ2v) is 11.7. The van der Waals surface area contributed by atoms with Crippen LogP contribution in [0.15, 0.2) is 114 Å². The van der Waals surface area contributed by atoms with Crippen LogP contribution in [0.4, 0.5) is 5.69 Å². The number of halogens is 1. The Balaban J connectivity index is 1.77. The molecule has 4 aromatic carbocycles. The summed E-state index contributed by atoms with van der Waals surface area (Å²) in [6.07, 6.45) is 0.216. The minimum absolute atomic E-state index is 0.00532. The highest BCUT2D eigenvalue weighted by atomic mass is 35.5. The van der Waals surface area contributed by atoms with Gasteiger partial charge in [0.1, 0.15) is 18.3 Å². The van der Waals surface area contributed by atoms with Crippen molar-refractivity contribution in [2.45, 2.75) is 23.9 Å². The standard InChI is InChI=1S/C32H32ClN3O5S/c1-34-32(38)30(21-24-11-5-3-6-12-24)35(22-25-13-9-10-16-29(25)33)31(37)23-36(26-14-7-4-8-15-26)42(39,40)28-19-17-27(41-2)18-20-28/h3-20,30H,21-23H2,1-2H3,(H,34,38). The molecule has 218 valence electrons. The van der Waals surface area contributed by atoms with E-state index in [1.165, 1.54) is 31.2 Å². The molecule has 0 fully saturated rings. The molecule has 0 heterocycles. The Kier molecular flexibility index (Phi) is 10.2. The number of likely N-dealkylation sites (N-methyl/N-ethyl adjacent to an activating group) is 1. The largest absolute Gasteiger partial charge is 0.497 e. The van der Waals surface area contributed by atoms with Crippen molar-refractivity contribution in [3.63, 3.8) is 0 Å². The lowest BCUT2D eigenvalue weighted by molar-refractivity contribution is -0.139. The van der Waals surface area contributed by atoms with E-state index in [9.17, 15) is 18.0 Å². The lowest BCUT2D eigenvalue weighted by atomic mass is 10.0. The molecule has 1 unspecified atom stereocenters. The summed E-state index contributed by atoms with van der Waals surface area (Å²) in [5.74, 6) is -0.458. The molecule has 0 saturated carbocycles. The minimum atomic E-state index is -4.20. The van der Waals surface area contributed by atoms with Gasteiger partial charge in [0.05, 0.1) is 17.7 Å². The summed E-state index contributed by atoms with van der Waals surface area (Å²) in [6, 6.07) is 29.8. The molecule has 0 saturated heterocycles. The topological polar surface area (TPSA) is 96.0 Å². The van der Waals surface area contributed by atoms with Crippen molar-refractivity contribution in [2.75, 3.05) is 25.0 Å². The van der Waals surface area contributed by atoms with E-state index in [0.717, 1.165) is 9.87 Å². The maximum absolute atomic E-state index is 14.2. The second-order valence-electron chi connectivity index (χ2n) is 9.46. The van der Waals surface area contributed by atoms with Crippen molar-refractivity contribution < 1.29 is 22.7 Å². The summed E-state index contributed by atoms with van der Waals surface area (Å²) in [7, 11) is -1.20. The van der Waals surface area contributed by atoms with Crippen LogP contribution in [0.1, 0.15) is 11.1 Å². The number of hydrogen-bond donors (Lipinski definition) is 1. The predicted octanol–water partition coefficient (Wildman–Crippen LogP) is 4.93. The average molecular weight is 606 g/mol. The normalized spacial score (nSPS) is 11.8. The van der Waals surface area contributed by atoms with Crippen molar-refractivity contribution in [2.24, 2.45) is 0 Å². The van der Waals surface area contributed by atoms with Crippen molar-refractivity contribution in [3.8, 4) is 5.75 Å². The third kappa shape index (κ3) is 7.29. The lowest BCUT2D eigenvalue weighted by Gasteiger charge is -2.33. The fourth-order valence-corrected chi connectivity index (χ4v) is 6.14. The monoisotopic (exact) mass is 605 g/mol. The zero-order valence-electron chi connectivity index (χ0n) is 23.3. The lowest BCUT2D eigenvalue weighted by Crippen LogP contribution is -2.53. The number of carbonyl (C=O) groups excluding carboxylic acids is 2. The van der Waals surface area contributed by atoms with E-state index in [0.29, 0.717) is 22.0 Å². The number of nitrogens with one attached hydrogen (secondary N) is 1. The van der Waals surface area contributed by atoms with Crippen LogP contribution in [-0.2, 0) is 32.6 Å². The number of sulfonamides is 1. The van der Waals surface area contributed by atoms with Crippen molar-refractivity contribution in [1.82, 2.24) is 10.2 Å². The smallest absolute Gasteiger partial charge is 0.264 e. The molecule has 0 aliphatic heterocycles.